The van der Waals surface area contributed by atoms with Crippen LogP contribution in [0, 0.1) is 0 Å². The maximum absolute atomic E-state index is 10.2. The molecule has 122 valence electrons. The maximum atomic E-state index is 10.2. The highest BCUT2D eigenvalue weighted by Crippen LogP contribution is 2.55. The highest BCUT2D eigenvalue weighted by molar-refractivity contribution is 8.69. The summed E-state index contributed by atoms with van der Waals surface area (Å²) in [5, 5.41) is 0. The third kappa shape index (κ3) is 15.4. The van der Waals surface area contributed by atoms with Crippen molar-refractivity contribution in [1.82, 2.24) is 0 Å². The summed E-state index contributed by atoms with van der Waals surface area (Å²) in [5.74, 6) is 1.07. The van der Waals surface area contributed by atoms with Crippen molar-refractivity contribution >= 4 is 28.7 Å². The number of hydrogen-bond acceptors (Lipinski definition) is 2. The van der Waals surface area contributed by atoms with Crippen LogP contribution in [0.25, 0.3) is 0 Å². The molecule has 0 fully saturated rings. The van der Waals surface area contributed by atoms with Crippen LogP contribution in [-0.2, 0) is 11.8 Å². The SMILES string of the molecule is CCCCCCCCSP(O)(=S)CCCCCCCC. The first-order valence-corrected chi connectivity index (χ1v) is 13.1. The van der Waals surface area contributed by atoms with Gasteiger partial charge in [0.05, 0.1) is 0 Å². The molecule has 4 heteroatoms. The van der Waals surface area contributed by atoms with Gasteiger partial charge < -0.3 is 4.89 Å². The third-order valence-electron chi connectivity index (χ3n) is 3.59. The van der Waals surface area contributed by atoms with Crippen LogP contribution in [0.5, 0.6) is 0 Å². The van der Waals surface area contributed by atoms with Gasteiger partial charge in [0.15, 0.2) is 0 Å². The van der Waals surface area contributed by atoms with Gasteiger partial charge in [-0.2, -0.15) is 0 Å². The van der Waals surface area contributed by atoms with E-state index in [0.717, 1.165) is 18.3 Å². The van der Waals surface area contributed by atoms with Crippen molar-refractivity contribution in [1.29, 1.82) is 0 Å². The summed E-state index contributed by atoms with van der Waals surface area (Å²) in [6.45, 7) is 4.49. The molecule has 0 heterocycles. The first kappa shape index (κ1) is 21.0. The maximum Gasteiger partial charge on any atom is 0.116 e. The van der Waals surface area contributed by atoms with Crippen LogP contribution >= 0.6 is 16.8 Å². The Morgan fingerprint density at radius 1 is 0.750 bits per heavy atom. The second-order valence-electron chi connectivity index (χ2n) is 5.73. The lowest BCUT2D eigenvalue weighted by Crippen LogP contribution is -1.89. The number of hydrogen-bond donors (Lipinski definition) is 1. The van der Waals surface area contributed by atoms with Gasteiger partial charge in [-0.3, -0.25) is 0 Å². The molecule has 0 bridgehead atoms. The predicted octanol–water partition coefficient (Wildman–Crippen LogP) is 6.74. The average Bonchev–Trinajstić information content (AvgIpc) is 2.41. The van der Waals surface area contributed by atoms with Crippen LogP contribution in [0.1, 0.15) is 90.9 Å². The van der Waals surface area contributed by atoms with Crippen molar-refractivity contribution in [3.8, 4) is 0 Å². The Labute approximate surface area is 136 Å². The molecule has 0 amide bonds. The fourth-order valence-corrected chi connectivity index (χ4v) is 6.69. The first-order valence-electron chi connectivity index (χ1n) is 8.58. The Morgan fingerprint density at radius 3 is 1.75 bits per heavy atom. The van der Waals surface area contributed by atoms with E-state index in [9.17, 15) is 4.89 Å². The van der Waals surface area contributed by atoms with Crippen molar-refractivity contribution in [2.75, 3.05) is 11.9 Å². The molecule has 0 aliphatic heterocycles. The Kier molecular flexibility index (Phi) is 15.6. The molecule has 1 nitrogen and oxygen atoms in total. The van der Waals surface area contributed by atoms with Crippen LogP contribution in [0.3, 0.4) is 0 Å². The number of rotatable bonds is 15. The number of unbranched alkanes of at least 4 members (excludes halogenated alkanes) is 10. The van der Waals surface area contributed by atoms with Crippen molar-refractivity contribution < 1.29 is 4.89 Å². The topological polar surface area (TPSA) is 20.2 Å². The van der Waals surface area contributed by atoms with Gasteiger partial charge in [0.2, 0.25) is 0 Å². The average molecular weight is 339 g/mol. The van der Waals surface area contributed by atoms with Crippen molar-refractivity contribution in [3.05, 3.63) is 0 Å². The molecule has 0 aliphatic carbocycles. The normalized spacial score (nSPS) is 14.3. The Bertz CT molecular complexity index is 247. The second kappa shape index (κ2) is 14.9. The van der Waals surface area contributed by atoms with Gasteiger partial charge in [0, 0.05) is 11.9 Å². The summed E-state index contributed by atoms with van der Waals surface area (Å²) in [4.78, 5) is 10.2. The van der Waals surface area contributed by atoms with Crippen LogP contribution in [0.15, 0.2) is 0 Å². The van der Waals surface area contributed by atoms with Crippen molar-refractivity contribution in [3.63, 3.8) is 0 Å². The fourth-order valence-electron chi connectivity index (χ4n) is 2.25. The van der Waals surface area contributed by atoms with Crippen molar-refractivity contribution in [2.45, 2.75) is 90.9 Å². The Morgan fingerprint density at radius 2 is 1.20 bits per heavy atom. The van der Waals surface area contributed by atoms with E-state index in [4.69, 9.17) is 11.8 Å². The van der Waals surface area contributed by atoms with Gasteiger partial charge in [0.25, 0.3) is 0 Å². The van der Waals surface area contributed by atoms with Gasteiger partial charge >= 0.3 is 0 Å². The third-order valence-corrected chi connectivity index (χ3v) is 9.14. The summed E-state index contributed by atoms with van der Waals surface area (Å²) in [6.07, 6.45) is 16.5. The molecule has 1 unspecified atom stereocenters. The van der Waals surface area contributed by atoms with E-state index in [2.05, 4.69) is 13.8 Å². The molecule has 0 radical (unpaired) electrons. The summed E-state index contributed by atoms with van der Waals surface area (Å²) < 4.78 is 0. The largest absolute Gasteiger partial charge is 0.357 e. The Hall–Kier alpha value is 0.960. The zero-order chi connectivity index (χ0) is 15.1. The smallest absolute Gasteiger partial charge is 0.116 e. The van der Waals surface area contributed by atoms with Gasteiger partial charge in [-0.1, -0.05) is 101 Å². The summed E-state index contributed by atoms with van der Waals surface area (Å²) in [5.41, 5.74) is -2.06. The molecular weight excluding hydrogens is 303 g/mol. The molecule has 0 saturated heterocycles. The molecule has 0 aromatic rings. The van der Waals surface area contributed by atoms with Crippen LogP contribution in [0.2, 0.25) is 0 Å². The van der Waals surface area contributed by atoms with E-state index in [1.54, 1.807) is 11.4 Å². The fraction of sp³-hybridized carbons (Fsp3) is 1.00. The lowest BCUT2D eigenvalue weighted by Gasteiger charge is -2.14. The zero-order valence-corrected chi connectivity index (χ0v) is 16.1. The molecule has 0 rings (SSSR count). The van der Waals surface area contributed by atoms with E-state index >= 15 is 0 Å². The highest BCUT2D eigenvalue weighted by Gasteiger charge is 2.12. The monoisotopic (exact) mass is 338 g/mol. The van der Waals surface area contributed by atoms with E-state index in [-0.39, 0.29) is 0 Å². The Balaban J connectivity index is 3.38. The first-order chi connectivity index (χ1) is 9.62. The highest BCUT2D eigenvalue weighted by atomic mass is 32.9. The standard InChI is InChI=1S/C16H35OPS2/c1-3-5-7-9-11-13-15-18(17,19)20-16-14-12-10-8-6-4-2/h3-16H2,1-2H3,(H,17,19). The van der Waals surface area contributed by atoms with E-state index in [0.29, 0.717) is 0 Å². The van der Waals surface area contributed by atoms with E-state index < -0.39 is 5.47 Å². The quantitative estimate of drug-likeness (QED) is 0.264. The molecule has 1 atom stereocenters. The molecule has 0 saturated carbocycles. The lowest BCUT2D eigenvalue weighted by molar-refractivity contribution is 0.607. The van der Waals surface area contributed by atoms with Crippen LogP contribution in [-0.4, -0.2) is 16.8 Å². The summed E-state index contributed by atoms with van der Waals surface area (Å²) in [6, 6.07) is 0. The van der Waals surface area contributed by atoms with Gasteiger partial charge in [-0.25, -0.2) is 0 Å². The molecule has 1 N–H and O–H groups in total. The van der Waals surface area contributed by atoms with Crippen LogP contribution in [0.4, 0.5) is 0 Å². The van der Waals surface area contributed by atoms with Gasteiger partial charge in [0.1, 0.15) is 5.47 Å². The lowest BCUT2D eigenvalue weighted by atomic mass is 10.1. The minimum atomic E-state index is -2.06. The molecule has 0 spiro atoms. The molecular formula is C16H35OPS2. The van der Waals surface area contributed by atoms with Gasteiger partial charge in [-0.15, -0.1) is 0 Å². The summed E-state index contributed by atoms with van der Waals surface area (Å²) in [7, 11) is 0. The molecule has 0 aliphatic rings. The minimum absolute atomic E-state index is 0.884. The van der Waals surface area contributed by atoms with Gasteiger partial charge in [-0.05, 0) is 12.8 Å². The van der Waals surface area contributed by atoms with Crippen LogP contribution < -0.4 is 0 Å². The molecule has 0 aromatic heterocycles. The predicted molar refractivity (Wildman–Crippen MR) is 101 cm³/mol. The molecule has 0 aromatic carbocycles. The molecule has 20 heavy (non-hydrogen) atoms. The van der Waals surface area contributed by atoms with E-state index in [1.165, 1.54) is 70.6 Å². The van der Waals surface area contributed by atoms with Crippen molar-refractivity contribution in [2.24, 2.45) is 0 Å². The second-order valence-corrected chi connectivity index (χ2v) is 13.2. The van der Waals surface area contributed by atoms with E-state index in [1.807, 2.05) is 0 Å². The zero-order valence-electron chi connectivity index (χ0n) is 13.6. The summed E-state index contributed by atoms with van der Waals surface area (Å²) >= 11 is 7.09. The minimum Gasteiger partial charge on any atom is -0.357 e.